The van der Waals surface area contributed by atoms with Crippen LogP contribution in [0.3, 0.4) is 0 Å². The van der Waals surface area contributed by atoms with E-state index < -0.39 is 27.3 Å². The zero-order valence-corrected chi connectivity index (χ0v) is 28.9. The third-order valence-electron chi connectivity index (χ3n) is 10.4. The number of anilines is 1. The Bertz CT molecular complexity index is 1540. The van der Waals surface area contributed by atoms with Gasteiger partial charge in [0.25, 0.3) is 5.91 Å². The van der Waals surface area contributed by atoms with Crippen molar-refractivity contribution in [3.05, 3.63) is 70.3 Å². The van der Waals surface area contributed by atoms with E-state index in [9.17, 15) is 13.2 Å². The molecule has 0 radical (unpaired) electrons. The standard InChI is InChI=1S/C36H47ClN2O7S/c1-43-32-9-5-10-34(44-2)35(21-29-8-6-18-45-29)47(41,42)38-36(40)25-13-16-33-31(20-25)39(22-26-12-15-30(26)32)17-4-3-7-24-19-28(37)14-11-27(24)23-46-33/h5,9,11,13-14,16,19-20,26,29-30,32,34-35H,3-4,6-8,10,12,15,17-18,21-23H2,1-2H3,(H,38,40)/b9-5+/t26?,29-,30?,32+,34-,35+/m1/s1. The fourth-order valence-corrected chi connectivity index (χ4v) is 9.40. The fraction of sp³-hybridized carbons (Fsp3) is 0.583. The smallest absolute Gasteiger partial charge is 0.264 e. The molecule has 4 aliphatic rings. The lowest BCUT2D eigenvalue weighted by molar-refractivity contribution is 0.0131. The number of fused-ring (bicyclic) bond motifs is 3. The van der Waals surface area contributed by atoms with Gasteiger partial charge in [-0.1, -0.05) is 29.8 Å². The molecule has 47 heavy (non-hydrogen) atoms. The van der Waals surface area contributed by atoms with Crippen molar-refractivity contribution in [2.24, 2.45) is 11.8 Å². The van der Waals surface area contributed by atoms with E-state index >= 15 is 0 Å². The normalized spacial score (nSPS) is 30.4. The lowest BCUT2D eigenvalue weighted by Gasteiger charge is -2.43. The number of carbonyl (C=O) groups is 1. The molecule has 256 valence electrons. The molecule has 3 heterocycles. The van der Waals surface area contributed by atoms with E-state index in [1.165, 1.54) is 12.7 Å². The van der Waals surface area contributed by atoms with Gasteiger partial charge in [-0.05, 0) is 111 Å². The van der Waals surface area contributed by atoms with E-state index in [4.69, 9.17) is 30.5 Å². The van der Waals surface area contributed by atoms with Crippen LogP contribution >= 0.6 is 11.6 Å². The van der Waals surface area contributed by atoms with Crippen molar-refractivity contribution in [3.63, 3.8) is 0 Å². The van der Waals surface area contributed by atoms with Crippen LogP contribution in [0.15, 0.2) is 48.6 Å². The van der Waals surface area contributed by atoms with Crippen molar-refractivity contribution in [2.45, 2.75) is 88.0 Å². The van der Waals surface area contributed by atoms with Gasteiger partial charge in [-0.3, -0.25) is 4.79 Å². The van der Waals surface area contributed by atoms with Crippen LogP contribution in [0.25, 0.3) is 0 Å². The minimum Gasteiger partial charge on any atom is -0.487 e. The van der Waals surface area contributed by atoms with Crippen LogP contribution in [-0.2, 0) is 37.3 Å². The Balaban J connectivity index is 1.38. The Morgan fingerprint density at radius 2 is 1.89 bits per heavy atom. The van der Waals surface area contributed by atoms with E-state index in [0.29, 0.717) is 42.2 Å². The van der Waals surface area contributed by atoms with Crippen LogP contribution in [0.5, 0.6) is 5.75 Å². The molecule has 0 aromatic heterocycles. The summed E-state index contributed by atoms with van der Waals surface area (Å²) in [5, 5.41) is -0.272. The van der Waals surface area contributed by atoms with E-state index in [0.717, 1.165) is 69.3 Å². The maximum atomic E-state index is 14.0. The highest BCUT2D eigenvalue weighted by Crippen LogP contribution is 2.42. The van der Waals surface area contributed by atoms with Crippen molar-refractivity contribution < 1.29 is 32.2 Å². The number of ether oxygens (including phenoxy) is 4. The van der Waals surface area contributed by atoms with E-state index in [2.05, 4.69) is 15.7 Å². The molecule has 2 aromatic carbocycles. The Morgan fingerprint density at radius 1 is 1.02 bits per heavy atom. The van der Waals surface area contributed by atoms with Crippen molar-refractivity contribution in [1.82, 2.24) is 4.72 Å². The number of nitrogens with one attached hydrogen (secondary N) is 1. The number of amides is 1. The first-order valence-electron chi connectivity index (χ1n) is 16.9. The third kappa shape index (κ3) is 7.99. The van der Waals surface area contributed by atoms with Gasteiger partial charge in [0.2, 0.25) is 10.0 Å². The summed E-state index contributed by atoms with van der Waals surface area (Å²) in [4.78, 5) is 16.1. The number of nitrogens with zero attached hydrogens (tertiary/aromatic N) is 1. The van der Waals surface area contributed by atoms with Crippen molar-refractivity contribution >= 4 is 33.2 Å². The average molecular weight is 687 g/mol. The number of carbonyl (C=O) groups excluding carboxylic acids is 1. The Hall–Kier alpha value is -2.63. The Labute approximate surface area is 284 Å². The Kier molecular flexibility index (Phi) is 11.1. The van der Waals surface area contributed by atoms with Crippen LogP contribution in [-0.4, -0.2) is 71.8 Å². The number of aryl methyl sites for hydroxylation is 1. The van der Waals surface area contributed by atoms with Gasteiger partial charge in [-0.25, -0.2) is 13.1 Å². The van der Waals surface area contributed by atoms with Crippen LogP contribution in [0.2, 0.25) is 5.02 Å². The SMILES string of the molecule is CO[C@H]1/C=C/C[C@@H](OC)[C@H](C[C@H]2CCCO2)S(=O)(=O)NC(=O)c2ccc3c(c2)N(CCCCc2cc(Cl)ccc2CO3)CC2CCC21. The topological polar surface area (TPSA) is 103 Å². The molecular formula is C36H47ClN2O7S. The maximum absolute atomic E-state index is 14.0. The van der Waals surface area contributed by atoms with Gasteiger partial charge in [0.1, 0.15) is 17.6 Å². The molecule has 1 saturated heterocycles. The van der Waals surface area contributed by atoms with Crippen LogP contribution < -0.4 is 14.4 Å². The third-order valence-corrected chi connectivity index (χ3v) is 12.4. The summed E-state index contributed by atoms with van der Waals surface area (Å²) in [5.41, 5.74) is 3.31. The minimum absolute atomic E-state index is 0.0997. The zero-order valence-electron chi connectivity index (χ0n) is 27.4. The molecule has 2 unspecified atom stereocenters. The second-order valence-corrected chi connectivity index (χ2v) is 15.6. The minimum atomic E-state index is -4.15. The molecule has 2 fully saturated rings. The van der Waals surface area contributed by atoms with Gasteiger partial charge in [0, 0.05) is 44.5 Å². The zero-order chi connectivity index (χ0) is 33.0. The van der Waals surface area contributed by atoms with Crippen molar-refractivity contribution in [1.29, 1.82) is 0 Å². The molecule has 1 saturated carbocycles. The van der Waals surface area contributed by atoms with Gasteiger partial charge in [-0.2, -0.15) is 0 Å². The molecular weight excluding hydrogens is 640 g/mol. The molecule has 9 nitrogen and oxygen atoms in total. The highest BCUT2D eigenvalue weighted by atomic mass is 35.5. The number of sulfonamides is 1. The van der Waals surface area contributed by atoms with Crippen LogP contribution in [0, 0.1) is 11.8 Å². The first kappa shape index (κ1) is 34.2. The molecule has 1 aliphatic carbocycles. The first-order chi connectivity index (χ1) is 22.8. The summed E-state index contributed by atoms with van der Waals surface area (Å²) in [6.45, 7) is 2.51. The molecule has 1 amide bonds. The molecule has 11 heteroatoms. The van der Waals surface area contributed by atoms with Gasteiger partial charge < -0.3 is 23.8 Å². The van der Waals surface area contributed by atoms with Crippen LogP contribution in [0.1, 0.15) is 72.9 Å². The van der Waals surface area contributed by atoms with Gasteiger partial charge in [0.15, 0.2) is 0 Å². The Morgan fingerprint density at radius 3 is 2.64 bits per heavy atom. The number of hydrogen-bond donors (Lipinski definition) is 1. The van der Waals surface area contributed by atoms with Crippen molar-refractivity contribution in [3.8, 4) is 5.75 Å². The summed E-state index contributed by atoms with van der Waals surface area (Å²) in [7, 11) is -0.887. The molecule has 3 aliphatic heterocycles. The highest BCUT2D eigenvalue weighted by molar-refractivity contribution is 7.90. The molecule has 2 bridgehead atoms. The van der Waals surface area contributed by atoms with Crippen LogP contribution in [0.4, 0.5) is 5.69 Å². The largest absolute Gasteiger partial charge is 0.487 e. The number of rotatable bonds is 4. The summed E-state index contributed by atoms with van der Waals surface area (Å²) in [6.07, 6.45) is 10.3. The molecule has 1 N–H and O–H groups in total. The van der Waals surface area contributed by atoms with E-state index in [1.807, 2.05) is 24.3 Å². The number of halogens is 1. The lowest BCUT2D eigenvalue weighted by Crippen LogP contribution is -2.46. The summed E-state index contributed by atoms with van der Waals surface area (Å²) < 4.78 is 54.5. The highest BCUT2D eigenvalue weighted by Gasteiger charge is 2.40. The maximum Gasteiger partial charge on any atom is 0.264 e. The monoisotopic (exact) mass is 686 g/mol. The van der Waals surface area contributed by atoms with E-state index in [1.54, 1.807) is 25.3 Å². The number of methoxy groups -OCH3 is 2. The second kappa shape index (κ2) is 15.3. The summed E-state index contributed by atoms with van der Waals surface area (Å²) in [5.74, 6) is 0.688. The van der Waals surface area contributed by atoms with Gasteiger partial charge in [0.05, 0.1) is 24.0 Å². The van der Waals surface area contributed by atoms with Crippen molar-refractivity contribution in [2.75, 3.05) is 38.8 Å². The number of benzene rings is 2. The second-order valence-electron chi connectivity index (χ2n) is 13.3. The predicted molar refractivity (Wildman–Crippen MR) is 183 cm³/mol. The molecule has 6 atom stereocenters. The first-order valence-corrected chi connectivity index (χ1v) is 18.9. The summed E-state index contributed by atoms with van der Waals surface area (Å²) in [6, 6.07) is 11.2. The number of hydrogen-bond acceptors (Lipinski definition) is 8. The predicted octanol–water partition coefficient (Wildman–Crippen LogP) is 6.08. The summed E-state index contributed by atoms with van der Waals surface area (Å²) >= 11 is 6.35. The molecule has 6 rings (SSSR count). The van der Waals surface area contributed by atoms with Gasteiger partial charge in [-0.15, -0.1) is 0 Å². The quantitative estimate of drug-likeness (QED) is 0.387. The van der Waals surface area contributed by atoms with Gasteiger partial charge >= 0.3 is 0 Å². The van der Waals surface area contributed by atoms with E-state index in [-0.39, 0.29) is 24.2 Å². The lowest BCUT2D eigenvalue weighted by atomic mass is 9.70. The average Bonchev–Trinajstić information content (AvgIpc) is 3.56. The molecule has 2 aromatic rings. The fourth-order valence-electron chi connectivity index (χ4n) is 7.59. The molecule has 0 spiro atoms.